The van der Waals surface area contributed by atoms with Gasteiger partial charge in [-0.1, -0.05) is 13.8 Å². The lowest BCUT2D eigenvalue weighted by atomic mass is 9.72. The van der Waals surface area contributed by atoms with Crippen molar-refractivity contribution in [2.45, 2.75) is 13.8 Å². The van der Waals surface area contributed by atoms with Crippen LogP contribution in [0.25, 0.3) is 0 Å². The number of hydrogen-bond donors (Lipinski definition) is 1. The van der Waals surface area contributed by atoms with Gasteiger partial charge in [-0.25, -0.2) is 5.01 Å². The van der Waals surface area contributed by atoms with Crippen LogP contribution in [0.4, 0.5) is 0 Å². The molecule has 0 radical (unpaired) electrons. The van der Waals surface area contributed by atoms with Gasteiger partial charge in [0.25, 0.3) is 0 Å². The maximum atomic E-state index is 5.90. The molecule has 3 nitrogen and oxygen atoms in total. The Balaban J connectivity index is 2.20. The summed E-state index contributed by atoms with van der Waals surface area (Å²) in [5.74, 6) is 7.44. The fourth-order valence-electron chi connectivity index (χ4n) is 3.35. The van der Waals surface area contributed by atoms with Gasteiger partial charge < -0.3 is 4.90 Å². The van der Waals surface area contributed by atoms with E-state index in [1.807, 2.05) is 5.01 Å². The highest BCUT2D eigenvalue weighted by atomic mass is 15.4. The molecule has 2 rings (SSSR count). The number of hydrazine groups is 1. The van der Waals surface area contributed by atoms with E-state index in [-0.39, 0.29) is 0 Å². The summed E-state index contributed by atoms with van der Waals surface area (Å²) in [6.45, 7) is 9.33. The molecule has 2 saturated heterocycles. The van der Waals surface area contributed by atoms with Crippen LogP contribution in [0.1, 0.15) is 13.8 Å². The fraction of sp³-hybridized carbons (Fsp3) is 1.00. The van der Waals surface area contributed by atoms with Crippen molar-refractivity contribution in [2.24, 2.45) is 23.1 Å². The zero-order chi connectivity index (χ0) is 9.64. The predicted octanol–water partition coefficient (Wildman–Crippen LogP) is 0.380. The Labute approximate surface area is 80.8 Å². The van der Waals surface area contributed by atoms with Crippen LogP contribution in [-0.2, 0) is 0 Å². The molecule has 2 aliphatic heterocycles. The van der Waals surface area contributed by atoms with Crippen molar-refractivity contribution in [1.82, 2.24) is 9.91 Å². The molecule has 2 heterocycles. The highest BCUT2D eigenvalue weighted by Gasteiger charge is 2.51. The molecule has 0 aromatic heterocycles. The second-order valence-electron chi connectivity index (χ2n) is 5.16. The normalized spacial score (nSPS) is 48.0. The summed E-state index contributed by atoms with van der Waals surface area (Å²) in [5.41, 5.74) is 0.476. The maximum absolute atomic E-state index is 5.90. The minimum absolute atomic E-state index is 0.476. The molecule has 0 aromatic rings. The SMILES string of the molecule is CC1CN(C)CC12CN(N)CC2C. The quantitative estimate of drug-likeness (QED) is 0.551. The molecular weight excluding hydrogens is 162 g/mol. The molecule has 2 aliphatic rings. The van der Waals surface area contributed by atoms with Gasteiger partial charge in [0.2, 0.25) is 0 Å². The van der Waals surface area contributed by atoms with Crippen LogP contribution < -0.4 is 5.84 Å². The van der Waals surface area contributed by atoms with Crippen molar-refractivity contribution in [2.75, 3.05) is 33.2 Å². The summed E-state index contributed by atoms with van der Waals surface area (Å²) in [6, 6.07) is 0. The second kappa shape index (κ2) is 2.94. The molecule has 0 bridgehead atoms. The lowest BCUT2D eigenvalue weighted by Gasteiger charge is -2.31. The Morgan fingerprint density at radius 2 is 1.77 bits per heavy atom. The van der Waals surface area contributed by atoms with Crippen LogP contribution in [0.2, 0.25) is 0 Å². The summed E-state index contributed by atoms with van der Waals surface area (Å²) >= 11 is 0. The van der Waals surface area contributed by atoms with Crippen molar-refractivity contribution < 1.29 is 0 Å². The van der Waals surface area contributed by atoms with Crippen LogP contribution in [0, 0.1) is 17.3 Å². The van der Waals surface area contributed by atoms with E-state index in [4.69, 9.17) is 5.84 Å². The third kappa shape index (κ3) is 1.30. The molecule has 0 amide bonds. The van der Waals surface area contributed by atoms with Crippen LogP contribution in [0.15, 0.2) is 0 Å². The summed E-state index contributed by atoms with van der Waals surface area (Å²) < 4.78 is 0. The summed E-state index contributed by atoms with van der Waals surface area (Å²) in [5, 5.41) is 2.00. The smallest absolute Gasteiger partial charge is 0.0203 e. The number of likely N-dealkylation sites (tertiary alicyclic amines) is 1. The van der Waals surface area contributed by atoms with Gasteiger partial charge in [-0.2, -0.15) is 0 Å². The molecule has 2 N–H and O–H groups in total. The molecule has 3 unspecified atom stereocenters. The first kappa shape index (κ1) is 9.44. The van der Waals surface area contributed by atoms with Gasteiger partial charge in [0.1, 0.15) is 0 Å². The Morgan fingerprint density at radius 3 is 2.15 bits per heavy atom. The third-order valence-electron chi connectivity index (χ3n) is 4.12. The Bertz CT molecular complexity index is 182. The number of hydrogen-bond acceptors (Lipinski definition) is 3. The van der Waals surface area contributed by atoms with Crippen molar-refractivity contribution in [3.05, 3.63) is 0 Å². The van der Waals surface area contributed by atoms with Gasteiger partial charge in [0.15, 0.2) is 0 Å². The topological polar surface area (TPSA) is 32.5 Å². The lowest BCUT2D eigenvalue weighted by molar-refractivity contribution is 0.181. The van der Waals surface area contributed by atoms with Crippen LogP contribution in [0.3, 0.4) is 0 Å². The van der Waals surface area contributed by atoms with Gasteiger partial charge in [-0.3, -0.25) is 5.84 Å². The van der Waals surface area contributed by atoms with Crippen LogP contribution in [-0.4, -0.2) is 43.1 Å². The molecule has 3 atom stereocenters. The average molecular weight is 183 g/mol. The standard InChI is InChI=1S/C10H21N3/c1-8-4-12(3)6-10(8)7-13(11)5-9(10)2/h8-9H,4-7,11H2,1-3H3. The minimum atomic E-state index is 0.476. The van der Waals surface area contributed by atoms with Crippen molar-refractivity contribution in [3.8, 4) is 0 Å². The first-order valence-electron chi connectivity index (χ1n) is 5.23. The first-order valence-corrected chi connectivity index (χ1v) is 5.23. The molecule has 0 aliphatic carbocycles. The van der Waals surface area contributed by atoms with Gasteiger partial charge in [0, 0.05) is 31.6 Å². The zero-order valence-corrected chi connectivity index (χ0v) is 8.95. The van der Waals surface area contributed by atoms with E-state index in [0.717, 1.165) is 24.9 Å². The van der Waals surface area contributed by atoms with Crippen molar-refractivity contribution >= 4 is 0 Å². The van der Waals surface area contributed by atoms with E-state index in [0.29, 0.717) is 5.41 Å². The van der Waals surface area contributed by atoms with Crippen LogP contribution >= 0.6 is 0 Å². The molecule has 2 fully saturated rings. The number of nitrogens with two attached hydrogens (primary N) is 1. The van der Waals surface area contributed by atoms with Crippen molar-refractivity contribution in [1.29, 1.82) is 0 Å². The molecule has 0 aromatic carbocycles. The summed E-state index contributed by atoms with van der Waals surface area (Å²) in [4.78, 5) is 2.44. The highest BCUT2D eigenvalue weighted by molar-refractivity contribution is 5.02. The van der Waals surface area contributed by atoms with E-state index in [1.165, 1.54) is 13.1 Å². The van der Waals surface area contributed by atoms with E-state index in [9.17, 15) is 0 Å². The molecule has 13 heavy (non-hydrogen) atoms. The van der Waals surface area contributed by atoms with Gasteiger partial charge in [-0.05, 0) is 18.9 Å². The first-order chi connectivity index (χ1) is 6.04. The fourth-order valence-corrected chi connectivity index (χ4v) is 3.35. The molecule has 1 spiro atoms. The van der Waals surface area contributed by atoms with Gasteiger partial charge in [-0.15, -0.1) is 0 Å². The molecule has 0 saturated carbocycles. The number of rotatable bonds is 0. The molecular formula is C10H21N3. The van der Waals surface area contributed by atoms with E-state index in [1.54, 1.807) is 0 Å². The third-order valence-corrected chi connectivity index (χ3v) is 4.12. The monoisotopic (exact) mass is 183 g/mol. The number of nitrogens with zero attached hydrogens (tertiary/aromatic N) is 2. The van der Waals surface area contributed by atoms with Gasteiger partial charge >= 0.3 is 0 Å². The van der Waals surface area contributed by atoms with E-state index in [2.05, 4.69) is 25.8 Å². The highest BCUT2D eigenvalue weighted by Crippen LogP contribution is 2.45. The Hall–Kier alpha value is -0.120. The van der Waals surface area contributed by atoms with Crippen LogP contribution in [0.5, 0.6) is 0 Å². The Morgan fingerprint density at radius 1 is 1.15 bits per heavy atom. The zero-order valence-electron chi connectivity index (χ0n) is 8.95. The minimum Gasteiger partial charge on any atom is -0.305 e. The average Bonchev–Trinajstić information content (AvgIpc) is 2.40. The summed E-state index contributed by atoms with van der Waals surface area (Å²) in [7, 11) is 2.22. The Kier molecular flexibility index (Phi) is 2.13. The van der Waals surface area contributed by atoms with Gasteiger partial charge in [0.05, 0.1) is 0 Å². The van der Waals surface area contributed by atoms with E-state index >= 15 is 0 Å². The second-order valence-corrected chi connectivity index (χ2v) is 5.16. The van der Waals surface area contributed by atoms with Crippen molar-refractivity contribution in [3.63, 3.8) is 0 Å². The summed E-state index contributed by atoms with van der Waals surface area (Å²) in [6.07, 6.45) is 0. The maximum Gasteiger partial charge on any atom is 0.0203 e. The molecule has 3 heteroatoms. The van der Waals surface area contributed by atoms with E-state index < -0.39 is 0 Å². The molecule has 76 valence electrons. The largest absolute Gasteiger partial charge is 0.305 e. The predicted molar refractivity (Wildman–Crippen MR) is 54.0 cm³/mol. The lowest BCUT2D eigenvalue weighted by Crippen LogP contribution is -2.38.